The van der Waals surface area contributed by atoms with Crippen LogP contribution in [0, 0.1) is 6.92 Å². The molecule has 0 aliphatic rings. The Bertz CT molecular complexity index is 733. The zero-order chi connectivity index (χ0) is 13.9. The molecule has 20 heavy (non-hydrogen) atoms. The number of hydrogen-bond donors (Lipinski definition) is 1. The molecule has 0 amide bonds. The van der Waals surface area contributed by atoms with E-state index in [4.69, 9.17) is 4.74 Å². The molecule has 1 aromatic carbocycles. The van der Waals surface area contributed by atoms with Gasteiger partial charge < -0.3 is 14.5 Å². The number of benzene rings is 1. The molecule has 0 bridgehead atoms. The van der Waals surface area contributed by atoms with Gasteiger partial charge in [-0.15, -0.1) is 0 Å². The number of pyridine rings is 1. The van der Waals surface area contributed by atoms with Crippen molar-refractivity contribution in [3.05, 3.63) is 60.0 Å². The first kappa shape index (κ1) is 12.5. The van der Waals surface area contributed by atoms with Crippen LogP contribution in [0.4, 0.5) is 5.69 Å². The van der Waals surface area contributed by atoms with E-state index in [-0.39, 0.29) is 0 Å². The number of aryl methyl sites for hydroxylation is 1. The van der Waals surface area contributed by atoms with Crippen LogP contribution in [0.1, 0.15) is 11.4 Å². The van der Waals surface area contributed by atoms with Gasteiger partial charge in [0.1, 0.15) is 11.4 Å². The van der Waals surface area contributed by atoms with E-state index in [1.54, 1.807) is 7.11 Å². The zero-order valence-corrected chi connectivity index (χ0v) is 11.6. The van der Waals surface area contributed by atoms with Crippen molar-refractivity contribution in [2.75, 3.05) is 12.4 Å². The predicted octanol–water partition coefficient (Wildman–Crippen LogP) is 3.26. The van der Waals surface area contributed by atoms with Gasteiger partial charge in [-0.1, -0.05) is 18.2 Å². The van der Waals surface area contributed by atoms with Crippen molar-refractivity contribution in [1.29, 1.82) is 0 Å². The maximum absolute atomic E-state index is 5.32. The summed E-state index contributed by atoms with van der Waals surface area (Å²) in [7, 11) is 1.68. The smallest absolute Gasteiger partial charge is 0.141 e. The molecule has 2 aromatic heterocycles. The maximum atomic E-state index is 5.32. The molecule has 4 heteroatoms. The number of hydrogen-bond acceptors (Lipinski definition) is 3. The van der Waals surface area contributed by atoms with Crippen molar-refractivity contribution in [2.45, 2.75) is 13.5 Å². The third-order valence-electron chi connectivity index (χ3n) is 3.31. The molecule has 0 radical (unpaired) electrons. The van der Waals surface area contributed by atoms with Gasteiger partial charge >= 0.3 is 0 Å². The minimum atomic E-state index is 0.668. The molecule has 0 aliphatic carbocycles. The van der Waals surface area contributed by atoms with Crippen molar-refractivity contribution < 1.29 is 4.74 Å². The lowest BCUT2D eigenvalue weighted by Crippen LogP contribution is -2.01. The average Bonchev–Trinajstić information content (AvgIpc) is 2.90. The first-order chi connectivity index (χ1) is 9.78. The Morgan fingerprint density at radius 2 is 2.00 bits per heavy atom. The second kappa shape index (κ2) is 5.25. The second-order valence-corrected chi connectivity index (χ2v) is 4.68. The number of fused-ring (bicyclic) bond motifs is 1. The lowest BCUT2D eigenvalue weighted by molar-refractivity contribution is 0.416. The molecule has 1 N–H and O–H groups in total. The van der Waals surface area contributed by atoms with Crippen molar-refractivity contribution in [2.24, 2.45) is 0 Å². The van der Waals surface area contributed by atoms with E-state index in [0.717, 1.165) is 22.8 Å². The lowest BCUT2D eigenvalue weighted by atomic mass is 10.3. The monoisotopic (exact) mass is 267 g/mol. The molecule has 0 saturated carbocycles. The van der Waals surface area contributed by atoms with Gasteiger partial charge in [0.2, 0.25) is 0 Å². The summed E-state index contributed by atoms with van der Waals surface area (Å²) in [6, 6.07) is 14.0. The molecule has 3 aromatic rings. The van der Waals surface area contributed by atoms with Crippen molar-refractivity contribution >= 4 is 11.3 Å². The van der Waals surface area contributed by atoms with Crippen LogP contribution >= 0.6 is 0 Å². The fraction of sp³-hybridized carbons (Fsp3) is 0.188. The molecule has 0 fully saturated rings. The van der Waals surface area contributed by atoms with E-state index in [1.165, 1.54) is 5.69 Å². The van der Waals surface area contributed by atoms with E-state index >= 15 is 0 Å². The third-order valence-corrected chi connectivity index (χ3v) is 3.31. The number of nitrogens with one attached hydrogen (secondary N) is 1. The fourth-order valence-electron chi connectivity index (χ4n) is 2.26. The Hall–Kier alpha value is -2.49. The van der Waals surface area contributed by atoms with Crippen molar-refractivity contribution in [3.63, 3.8) is 0 Å². The Balaban J connectivity index is 1.82. The van der Waals surface area contributed by atoms with Gasteiger partial charge in [-0.25, -0.2) is 4.98 Å². The number of rotatable bonds is 4. The van der Waals surface area contributed by atoms with Crippen LogP contribution in [0.3, 0.4) is 0 Å². The summed E-state index contributed by atoms with van der Waals surface area (Å²) >= 11 is 0. The number of nitrogens with zero attached hydrogens (tertiary/aromatic N) is 2. The lowest BCUT2D eigenvalue weighted by Gasteiger charge is -2.09. The van der Waals surface area contributed by atoms with Crippen LogP contribution in [-0.4, -0.2) is 16.5 Å². The SMILES string of the molecule is COc1ccccc1NCc1cn2c(C)cccc2n1. The van der Waals surface area contributed by atoms with E-state index in [0.29, 0.717) is 6.54 Å². The number of aromatic nitrogens is 2. The van der Waals surface area contributed by atoms with E-state index in [1.807, 2.05) is 36.4 Å². The summed E-state index contributed by atoms with van der Waals surface area (Å²) in [6.45, 7) is 2.74. The number of imidazole rings is 1. The molecule has 0 aliphatic heterocycles. The van der Waals surface area contributed by atoms with Gasteiger partial charge in [0.25, 0.3) is 0 Å². The highest BCUT2D eigenvalue weighted by Gasteiger charge is 2.05. The molecule has 3 rings (SSSR count). The van der Waals surface area contributed by atoms with E-state index in [9.17, 15) is 0 Å². The quantitative estimate of drug-likeness (QED) is 0.788. The molecular weight excluding hydrogens is 250 g/mol. The van der Waals surface area contributed by atoms with Crippen LogP contribution in [0.5, 0.6) is 5.75 Å². The van der Waals surface area contributed by atoms with Gasteiger partial charge in [-0.3, -0.25) is 0 Å². The predicted molar refractivity (Wildman–Crippen MR) is 80.2 cm³/mol. The molecule has 0 unspecified atom stereocenters. The normalized spacial score (nSPS) is 10.7. The number of para-hydroxylation sites is 2. The van der Waals surface area contributed by atoms with E-state index in [2.05, 4.69) is 33.9 Å². The Kier molecular flexibility index (Phi) is 3.29. The Labute approximate surface area is 118 Å². The average molecular weight is 267 g/mol. The standard InChI is InChI=1S/C16H17N3O/c1-12-6-5-9-16-18-13(11-19(12)16)10-17-14-7-3-4-8-15(14)20-2/h3-9,11,17H,10H2,1-2H3. The van der Waals surface area contributed by atoms with Crippen LogP contribution in [0.2, 0.25) is 0 Å². The van der Waals surface area contributed by atoms with Crippen LogP contribution < -0.4 is 10.1 Å². The third kappa shape index (κ3) is 2.32. The molecule has 4 nitrogen and oxygen atoms in total. The minimum Gasteiger partial charge on any atom is -0.495 e. The molecule has 0 spiro atoms. The summed E-state index contributed by atoms with van der Waals surface area (Å²) in [5.74, 6) is 0.840. The molecule has 0 atom stereocenters. The molecular formula is C16H17N3O. The Morgan fingerprint density at radius 1 is 1.15 bits per heavy atom. The van der Waals surface area contributed by atoms with Crippen LogP contribution in [0.15, 0.2) is 48.7 Å². The second-order valence-electron chi connectivity index (χ2n) is 4.68. The number of ether oxygens (including phenoxy) is 1. The minimum absolute atomic E-state index is 0.668. The fourth-order valence-corrected chi connectivity index (χ4v) is 2.26. The number of methoxy groups -OCH3 is 1. The first-order valence-electron chi connectivity index (χ1n) is 6.58. The van der Waals surface area contributed by atoms with Gasteiger partial charge in [0.05, 0.1) is 25.0 Å². The van der Waals surface area contributed by atoms with Gasteiger partial charge in [0, 0.05) is 11.9 Å². The van der Waals surface area contributed by atoms with Crippen LogP contribution in [-0.2, 0) is 6.54 Å². The highest BCUT2D eigenvalue weighted by atomic mass is 16.5. The summed E-state index contributed by atoms with van der Waals surface area (Å²) in [4.78, 5) is 4.60. The van der Waals surface area contributed by atoms with Crippen molar-refractivity contribution in [1.82, 2.24) is 9.38 Å². The van der Waals surface area contributed by atoms with Gasteiger partial charge in [-0.05, 0) is 31.2 Å². The maximum Gasteiger partial charge on any atom is 0.141 e. The highest BCUT2D eigenvalue weighted by molar-refractivity contribution is 5.56. The van der Waals surface area contributed by atoms with Crippen molar-refractivity contribution in [3.8, 4) is 5.75 Å². The molecule has 2 heterocycles. The van der Waals surface area contributed by atoms with Gasteiger partial charge in [0.15, 0.2) is 0 Å². The highest BCUT2D eigenvalue weighted by Crippen LogP contribution is 2.23. The summed E-state index contributed by atoms with van der Waals surface area (Å²) < 4.78 is 7.42. The van der Waals surface area contributed by atoms with E-state index < -0.39 is 0 Å². The van der Waals surface area contributed by atoms with Crippen LogP contribution in [0.25, 0.3) is 5.65 Å². The number of anilines is 1. The summed E-state index contributed by atoms with van der Waals surface area (Å²) in [6.07, 6.45) is 2.06. The first-order valence-corrected chi connectivity index (χ1v) is 6.58. The zero-order valence-electron chi connectivity index (χ0n) is 11.6. The summed E-state index contributed by atoms with van der Waals surface area (Å²) in [5.41, 5.74) is 4.13. The summed E-state index contributed by atoms with van der Waals surface area (Å²) in [5, 5.41) is 3.36. The molecule has 0 saturated heterocycles. The molecule has 102 valence electrons. The Morgan fingerprint density at radius 3 is 2.80 bits per heavy atom. The van der Waals surface area contributed by atoms with Gasteiger partial charge in [-0.2, -0.15) is 0 Å². The topological polar surface area (TPSA) is 38.6 Å². The largest absolute Gasteiger partial charge is 0.495 e.